The van der Waals surface area contributed by atoms with Crippen LogP contribution in [0, 0.1) is 10.1 Å². The van der Waals surface area contributed by atoms with Crippen LogP contribution in [0.5, 0.6) is 5.75 Å². The summed E-state index contributed by atoms with van der Waals surface area (Å²) in [6.45, 7) is 0. The van der Waals surface area contributed by atoms with Crippen molar-refractivity contribution in [3.63, 3.8) is 0 Å². The number of hydrogen-bond acceptors (Lipinski definition) is 5. The van der Waals surface area contributed by atoms with Gasteiger partial charge >= 0.3 is 5.69 Å². The number of ether oxygens (including phenoxy) is 1. The first-order chi connectivity index (χ1) is 6.70. The number of nitrogens with zero attached hydrogens (tertiary/aromatic N) is 1. The molecule has 6 heteroatoms. The van der Waals surface area contributed by atoms with E-state index in [0.29, 0.717) is 0 Å². The molecule has 0 aromatic heterocycles. The lowest BCUT2D eigenvalue weighted by Gasteiger charge is -2.06. The molecule has 1 aromatic carbocycles. The molecule has 0 aliphatic rings. The Hall–Kier alpha value is -1.82. The summed E-state index contributed by atoms with van der Waals surface area (Å²) in [6.07, 6.45) is 0. The maximum absolute atomic E-state index is 10.7. The summed E-state index contributed by atoms with van der Waals surface area (Å²) in [4.78, 5) is 14.8. The number of methoxy groups -OCH3 is 1. The molecular formula is C8H10N2O4. The molecule has 0 heterocycles. The molecule has 0 radical (unpaired) electrons. The fourth-order valence-electron chi connectivity index (χ4n) is 1.07. The van der Waals surface area contributed by atoms with E-state index < -0.39 is 4.92 Å². The summed E-state index contributed by atoms with van der Waals surface area (Å²) in [5, 5.41) is 10.7. The minimum absolute atomic E-state index is 0.142. The summed E-state index contributed by atoms with van der Waals surface area (Å²) >= 11 is 0. The average Bonchev–Trinajstić information content (AvgIpc) is 2.17. The van der Waals surface area contributed by atoms with E-state index in [2.05, 4.69) is 10.3 Å². The van der Waals surface area contributed by atoms with Crippen LogP contribution in [0.25, 0.3) is 0 Å². The third-order valence-corrected chi connectivity index (χ3v) is 1.61. The van der Waals surface area contributed by atoms with E-state index in [1.165, 1.54) is 26.4 Å². The molecule has 76 valence electrons. The van der Waals surface area contributed by atoms with Crippen molar-refractivity contribution in [2.75, 3.05) is 19.7 Å². The molecule has 0 aliphatic heterocycles. The number of anilines is 1. The summed E-state index contributed by atoms with van der Waals surface area (Å²) in [5.41, 5.74) is 2.53. The van der Waals surface area contributed by atoms with Crippen molar-refractivity contribution in [1.82, 2.24) is 0 Å². The molecule has 1 N–H and O–H groups in total. The summed E-state index contributed by atoms with van der Waals surface area (Å²) in [7, 11) is 2.75. The molecule has 0 unspecified atom stereocenters. The van der Waals surface area contributed by atoms with Crippen molar-refractivity contribution in [1.29, 1.82) is 0 Å². The second-order valence-corrected chi connectivity index (χ2v) is 2.42. The molecule has 0 saturated carbocycles. The van der Waals surface area contributed by atoms with Crippen molar-refractivity contribution in [2.45, 2.75) is 0 Å². The van der Waals surface area contributed by atoms with E-state index in [-0.39, 0.29) is 17.1 Å². The first-order valence-corrected chi connectivity index (χ1v) is 3.81. The Morgan fingerprint density at radius 1 is 1.43 bits per heavy atom. The zero-order valence-corrected chi connectivity index (χ0v) is 7.81. The number of nitro benzene ring substituents is 1. The zero-order valence-electron chi connectivity index (χ0n) is 7.81. The number of nitro groups is 1. The molecule has 0 aliphatic carbocycles. The summed E-state index contributed by atoms with van der Waals surface area (Å²) in [6, 6.07) is 4.68. The van der Waals surface area contributed by atoms with E-state index in [1.54, 1.807) is 6.07 Å². The van der Waals surface area contributed by atoms with Gasteiger partial charge in [0.15, 0.2) is 5.75 Å². The van der Waals surface area contributed by atoms with E-state index in [4.69, 9.17) is 4.74 Å². The normalized spacial score (nSPS) is 9.57. The quantitative estimate of drug-likeness (QED) is 0.587. The number of benzene rings is 1. The maximum atomic E-state index is 10.7. The summed E-state index contributed by atoms with van der Waals surface area (Å²) in [5.74, 6) is 0.192. The summed E-state index contributed by atoms with van der Waals surface area (Å²) < 4.78 is 4.86. The van der Waals surface area contributed by atoms with Crippen LogP contribution < -0.4 is 10.2 Å². The topological polar surface area (TPSA) is 73.6 Å². The second-order valence-electron chi connectivity index (χ2n) is 2.42. The third kappa shape index (κ3) is 1.91. The van der Waals surface area contributed by atoms with Gasteiger partial charge in [-0.15, -0.1) is 0 Å². The van der Waals surface area contributed by atoms with Gasteiger partial charge in [-0.2, -0.15) is 0 Å². The smallest absolute Gasteiger partial charge is 0.336 e. The molecule has 0 amide bonds. The molecule has 0 spiro atoms. The van der Waals surface area contributed by atoms with E-state index in [9.17, 15) is 10.1 Å². The first-order valence-electron chi connectivity index (χ1n) is 3.81. The SMILES string of the molecule is CONc1cccc(OC)c1[N+](=O)[O-]. The number of rotatable bonds is 4. The van der Waals surface area contributed by atoms with Gasteiger partial charge in [-0.25, -0.2) is 0 Å². The minimum Gasteiger partial charge on any atom is -0.490 e. The van der Waals surface area contributed by atoms with Gasteiger partial charge in [0.1, 0.15) is 5.69 Å². The highest BCUT2D eigenvalue weighted by molar-refractivity contribution is 5.67. The number of para-hydroxylation sites is 1. The molecule has 6 nitrogen and oxygen atoms in total. The van der Waals surface area contributed by atoms with Gasteiger partial charge in [0.05, 0.1) is 19.1 Å². The molecule has 0 atom stereocenters. The van der Waals surface area contributed by atoms with Crippen LogP contribution in [0.1, 0.15) is 0 Å². The lowest BCUT2D eigenvalue weighted by atomic mass is 10.2. The number of nitrogens with one attached hydrogen (secondary N) is 1. The molecule has 0 saturated heterocycles. The Labute approximate surface area is 80.5 Å². The Kier molecular flexibility index (Phi) is 3.24. The minimum atomic E-state index is -0.528. The van der Waals surface area contributed by atoms with Crippen molar-refractivity contribution in [3.8, 4) is 5.75 Å². The Balaban J connectivity index is 3.20. The van der Waals surface area contributed by atoms with Gasteiger partial charge in [0.2, 0.25) is 0 Å². The van der Waals surface area contributed by atoms with E-state index in [0.717, 1.165) is 0 Å². The van der Waals surface area contributed by atoms with Crippen LogP contribution in [0.2, 0.25) is 0 Å². The van der Waals surface area contributed by atoms with Gasteiger partial charge < -0.3 is 4.74 Å². The van der Waals surface area contributed by atoms with Gasteiger partial charge in [-0.3, -0.25) is 20.4 Å². The molecule has 1 rings (SSSR count). The standard InChI is InChI=1S/C8H10N2O4/c1-13-7-5-3-4-6(9-14-2)8(7)10(11)12/h3-5,9H,1-2H3. The van der Waals surface area contributed by atoms with Crippen LogP contribution in [0.15, 0.2) is 18.2 Å². The van der Waals surface area contributed by atoms with E-state index in [1.807, 2.05) is 0 Å². The van der Waals surface area contributed by atoms with Gasteiger partial charge in [-0.05, 0) is 12.1 Å². The Morgan fingerprint density at radius 2 is 2.14 bits per heavy atom. The van der Waals surface area contributed by atoms with Crippen LogP contribution in [-0.2, 0) is 4.84 Å². The Bertz CT molecular complexity index is 340. The zero-order chi connectivity index (χ0) is 10.6. The fourth-order valence-corrected chi connectivity index (χ4v) is 1.07. The molecule has 0 fully saturated rings. The van der Waals surface area contributed by atoms with Gasteiger partial charge in [0.25, 0.3) is 0 Å². The average molecular weight is 198 g/mol. The lowest BCUT2D eigenvalue weighted by molar-refractivity contribution is -0.385. The number of hydrogen-bond donors (Lipinski definition) is 1. The highest BCUT2D eigenvalue weighted by atomic mass is 16.6. The second kappa shape index (κ2) is 4.43. The predicted octanol–water partition coefficient (Wildman–Crippen LogP) is 1.58. The van der Waals surface area contributed by atoms with Crippen molar-refractivity contribution in [2.24, 2.45) is 0 Å². The van der Waals surface area contributed by atoms with E-state index >= 15 is 0 Å². The highest BCUT2D eigenvalue weighted by Crippen LogP contribution is 2.34. The van der Waals surface area contributed by atoms with Crippen molar-refractivity contribution >= 4 is 11.4 Å². The van der Waals surface area contributed by atoms with Crippen molar-refractivity contribution < 1.29 is 14.5 Å². The molecular weight excluding hydrogens is 188 g/mol. The Morgan fingerprint density at radius 3 is 2.64 bits per heavy atom. The third-order valence-electron chi connectivity index (χ3n) is 1.61. The molecule has 14 heavy (non-hydrogen) atoms. The van der Waals surface area contributed by atoms with Crippen LogP contribution >= 0.6 is 0 Å². The first kappa shape index (κ1) is 10.3. The molecule has 0 bridgehead atoms. The fraction of sp³-hybridized carbons (Fsp3) is 0.250. The van der Waals surface area contributed by atoms with Gasteiger partial charge in [-0.1, -0.05) is 6.07 Å². The predicted molar refractivity (Wildman–Crippen MR) is 50.3 cm³/mol. The van der Waals surface area contributed by atoms with Crippen molar-refractivity contribution in [3.05, 3.63) is 28.3 Å². The monoisotopic (exact) mass is 198 g/mol. The molecule has 1 aromatic rings. The van der Waals surface area contributed by atoms with Crippen LogP contribution in [0.4, 0.5) is 11.4 Å². The highest BCUT2D eigenvalue weighted by Gasteiger charge is 2.19. The van der Waals surface area contributed by atoms with Gasteiger partial charge in [0, 0.05) is 0 Å². The lowest BCUT2D eigenvalue weighted by Crippen LogP contribution is -2.02. The maximum Gasteiger partial charge on any atom is 0.336 e. The van der Waals surface area contributed by atoms with Crippen LogP contribution in [-0.4, -0.2) is 19.1 Å². The largest absolute Gasteiger partial charge is 0.490 e. The van der Waals surface area contributed by atoms with Crippen LogP contribution in [0.3, 0.4) is 0 Å².